The van der Waals surface area contributed by atoms with Crippen molar-refractivity contribution in [3.05, 3.63) is 54.1 Å². The number of nitrogens with two attached hydrogens (primary N) is 1. The quantitative estimate of drug-likeness (QED) is 0.441. The Morgan fingerprint density at radius 1 is 1.15 bits per heavy atom. The fraction of sp³-hybridized carbons (Fsp3) is 0. The standard InChI is InChI=1S/C14H13N5.ClH/c15-13(16)9-6-7-11-12(8-9)19-14(18-11)17-10-4-2-1-3-5-10;/h1-8H,(H3,15,16)(H2,17,18,19);1H. The summed E-state index contributed by atoms with van der Waals surface area (Å²) in [5.41, 5.74) is 8.81. The normalized spacial score (nSPS) is 10.0. The summed E-state index contributed by atoms with van der Waals surface area (Å²) >= 11 is 0. The second kappa shape index (κ2) is 5.63. The van der Waals surface area contributed by atoms with Gasteiger partial charge in [-0.3, -0.25) is 5.41 Å². The molecule has 0 aliphatic heterocycles. The van der Waals surface area contributed by atoms with Gasteiger partial charge in [-0.05, 0) is 30.3 Å². The number of rotatable bonds is 3. The van der Waals surface area contributed by atoms with E-state index in [1.165, 1.54) is 0 Å². The van der Waals surface area contributed by atoms with Gasteiger partial charge in [0.25, 0.3) is 0 Å². The summed E-state index contributed by atoms with van der Waals surface area (Å²) in [6, 6.07) is 15.3. The molecule has 0 aliphatic carbocycles. The summed E-state index contributed by atoms with van der Waals surface area (Å²) in [4.78, 5) is 7.60. The molecule has 3 aromatic rings. The van der Waals surface area contributed by atoms with Crippen molar-refractivity contribution in [3.63, 3.8) is 0 Å². The van der Waals surface area contributed by atoms with Gasteiger partial charge >= 0.3 is 0 Å². The molecular weight excluding hydrogens is 274 g/mol. The van der Waals surface area contributed by atoms with Gasteiger partial charge in [0.2, 0.25) is 5.95 Å². The highest BCUT2D eigenvalue weighted by Crippen LogP contribution is 2.19. The van der Waals surface area contributed by atoms with Gasteiger partial charge in [0, 0.05) is 11.3 Å². The van der Waals surface area contributed by atoms with Crippen molar-refractivity contribution in [1.29, 1.82) is 5.41 Å². The zero-order valence-corrected chi connectivity index (χ0v) is 11.4. The molecular formula is C14H14ClN5. The predicted molar refractivity (Wildman–Crippen MR) is 84.1 cm³/mol. The molecule has 5 nitrogen and oxygen atoms in total. The number of H-pyrrole nitrogens is 1. The van der Waals surface area contributed by atoms with Crippen molar-refractivity contribution < 1.29 is 0 Å². The number of halogens is 1. The summed E-state index contributed by atoms with van der Waals surface area (Å²) in [6.07, 6.45) is 0. The number of benzene rings is 2. The minimum Gasteiger partial charge on any atom is -0.384 e. The van der Waals surface area contributed by atoms with Gasteiger partial charge in [-0.15, -0.1) is 12.4 Å². The molecule has 5 N–H and O–H groups in total. The molecule has 0 amide bonds. The third-order valence-corrected chi connectivity index (χ3v) is 2.83. The number of hydrogen-bond acceptors (Lipinski definition) is 3. The number of para-hydroxylation sites is 1. The Kier molecular flexibility index (Phi) is 3.91. The molecule has 0 bridgehead atoms. The molecule has 2 aromatic carbocycles. The van der Waals surface area contributed by atoms with Crippen LogP contribution in [0, 0.1) is 5.41 Å². The van der Waals surface area contributed by atoms with E-state index in [0.717, 1.165) is 16.7 Å². The largest absolute Gasteiger partial charge is 0.384 e. The lowest BCUT2D eigenvalue weighted by molar-refractivity contribution is 1.31. The van der Waals surface area contributed by atoms with Crippen LogP contribution >= 0.6 is 12.4 Å². The predicted octanol–water partition coefficient (Wildman–Crippen LogP) is 3.01. The Hall–Kier alpha value is -2.53. The number of amidine groups is 1. The van der Waals surface area contributed by atoms with Gasteiger partial charge in [-0.1, -0.05) is 18.2 Å². The molecule has 0 fully saturated rings. The number of anilines is 2. The number of imidazole rings is 1. The minimum atomic E-state index is 0. The molecule has 0 saturated heterocycles. The highest BCUT2D eigenvalue weighted by atomic mass is 35.5. The number of nitrogen functional groups attached to an aromatic ring is 1. The van der Waals surface area contributed by atoms with E-state index >= 15 is 0 Å². The number of aromatic nitrogens is 2. The minimum absolute atomic E-state index is 0. The molecule has 6 heteroatoms. The Bertz CT molecular complexity index is 736. The van der Waals surface area contributed by atoms with Crippen molar-refractivity contribution in [2.45, 2.75) is 0 Å². The third kappa shape index (κ3) is 2.73. The van der Waals surface area contributed by atoms with Gasteiger partial charge in [0.1, 0.15) is 5.84 Å². The van der Waals surface area contributed by atoms with E-state index in [1.54, 1.807) is 6.07 Å². The Balaban J connectivity index is 0.00000147. The van der Waals surface area contributed by atoms with E-state index in [0.29, 0.717) is 11.5 Å². The number of nitrogens with one attached hydrogen (secondary N) is 3. The van der Waals surface area contributed by atoms with Crippen LogP contribution in [0.4, 0.5) is 11.6 Å². The van der Waals surface area contributed by atoms with Crippen molar-refractivity contribution in [1.82, 2.24) is 9.97 Å². The molecule has 1 aromatic heterocycles. The first-order valence-corrected chi connectivity index (χ1v) is 5.88. The van der Waals surface area contributed by atoms with Crippen molar-refractivity contribution in [2.75, 3.05) is 5.32 Å². The zero-order chi connectivity index (χ0) is 13.2. The average Bonchev–Trinajstić information content (AvgIpc) is 2.80. The molecule has 0 spiro atoms. The second-order valence-electron chi connectivity index (χ2n) is 4.22. The van der Waals surface area contributed by atoms with Crippen LogP contribution in [0.3, 0.4) is 0 Å². The van der Waals surface area contributed by atoms with Crippen LogP contribution in [-0.2, 0) is 0 Å². The second-order valence-corrected chi connectivity index (χ2v) is 4.22. The van der Waals surface area contributed by atoms with Crippen LogP contribution in [-0.4, -0.2) is 15.8 Å². The average molecular weight is 288 g/mol. The highest BCUT2D eigenvalue weighted by Gasteiger charge is 2.05. The van der Waals surface area contributed by atoms with Crippen molar-refractivity contribution >= 4 is 40.9 Å². The monoisotopic (exact) mass is 287 g/mol. The first kappa shape index (κ1) is 13.9. The van der Waals surface area contributed by atoms with E-state index in [-0.39, 0.29) is 18.2 Å². The first-order chi connectivity index (χ1) is 9.22. The first-order valence-electron chi connectivity index (χ1n) is 5.88. The van der Waals surface area contributed by atoms with Crippen LogP contribution in [0.1, 0.15) is 5.56 Å². The number of nitrogens with zero attached hydrogens (tertiary/aromatic N) is 1. The van der Waals surface area contributed by atoms with Crippen LogP contribution in [0.25, 0.3) is 11.0 Å². The van der Waals surface area contributed by atoms with Crippen molar-refractivity contribution in [3.8, 4) is 0 Å². The van der Waals surface area contributed by atoms with Crippen LogP contribution in [0.15, 0.2) is 48.5 Å². The number of hydrogen-bond donors (Lipinski definition) is 4. The van der Waals surface area contributed by atoms with Gasteiger partial charge in [-0.2, -0.15) is 0 Å². The fourth-order valence-electron chi connectivity index (χ4n) is 1.89. The molecule has 0 radical (unpaired) electrons. The molecule has 3 rings (SSSR count). The summed E-state index contributed by atoms with van der Waals surface area (Å²) in [7, 11) is 0. The van der Waals surface area contributed by atoms with E-state index in [4.69, 9.17) is 11.1 Å². The Morgan fingerprint density at radius 2 is 1.90 bits per heavy atom. The maximum absolute atomic E-state index is 7.42. The lowest BCUT2D eigenvalue weighted by Gasteiger charge is -2.00. The fourth-order valence-corrected chi connectivity index (χ4v) is 1.89. The number of aromatic amines is 1. The van der Waals surface area contributed by atoms with Crippen LogP contribution < -0.4 is 11.1 Å². The Labute approximate surface area is 122 Å². The van der Waals surface area contributed by atoms with E-state index in [1.807, 2.05) is 42.5 Å². The zero-order valence-electron chi connectivity index (χ0n) is 10.6. The van der Waals surface area contributed by atoms with Gasteiger partial charge in [-0.25, -0.2) is 4.98 Å². The lowest BCUT2D eigenvalue weighted by atomic mass is 10.2. The summed E-state index contributed by atoms with van der Waals surface area (Å²) < 4.78 is 0. The van der Waals surface area contributed by atoms with Crippen molar-refractivity contribution in [2.24, 2.45) is 5.73 Å². The summed E-state index contributed by atoms with van der Waals surface area (Å²) in [5.74, 6) is 0.718. The van der Waals surface area contributed by atoms with Crippen LogP contribution in [0.2, 0.25) is 0 Å². The summed E-state index contributed by atoms with van der Waals surface area (Å²) in [5, 5.41) is 10.6. The SMILES string of the molecule is Cl.N=C(N)c1ccc2nc(Nc3ccccc3)[nH]c2c1. The van der Waals surface area contributed by atoms with Gasteiger partial charge in [0.05, 0.1) is 11.0 Å². The van der Waals surface area contributed by atoms with Gasteiger partial charge < -0.3 is 16.0 Å². The molecule has 1 heterocycles. The number of fused-ring (bicyclic) bond motifs is 1. The topological polar surface area (TPSA) is 90.6 Å². The molecule has 0 aliphatic rings. The molecule has 0 unspecified atom stereocenters. The van der Waals surface area contributed by atoms with Crippen LogP contribution in [0.5, 0.6) is 0 Å². The maximum atomic E-state index is 7.42. The maximum Gasteiger partial charge on any atom is 0.205 e. The molecule has 102 valence electrons. The molecule has 0 saturated carbocycles. The molecule has 20 heavy (non-hydrogen) atoms. The summed E-state index contributed by atoms with van der Waals surface area (Å²) in [6.45, 7) is 0. The van der Waals surface area contributed by atoms with E-state index in [9.17, 15) is 0 Å². The smallest absolute Gasteiger partial charge is 0.205 e. The Morgan fingerprint density at radius 3 is 2.60 bits per heavy atom. The van der Waals surface area contributed by atoms with E-state index < -0.39 is 0 Å². The highest BCUT2D eigenvalue weighted by molar-refractivity contribution is 5.98. The molecule has 0 atom stereocenters. The third-order valence-electron chi connectivity index (χ3n) is 2.83. The van der Waals surface area contributed by atoms with E-state index in [2.05, 4.69) is 15.3 Å². The lowest BCUT2D eigenvalue weighted by Crippen LogP contribution is -2.10. The van der Waals surface area contributed by atoms with Gasteiger partial charge in [0.15, 0.2) is 0 Å².